The number of esters is 1. The molecule has 0 radical (unpaired) electrons. The summed E-state index contributed by atoms with van der Waals surface area (Å²) in [7, 11) is 3.45. The highest BCUT2D eigenvalue weighted by Gasteiger charge is 2.21. The number of para-hydroxylation sites is 1. The maximum absolute atomic E-state index is 11.7. The Hall–Kier alpha value is -1.71. The first-order valence-corrected chi connectivity index (χ1v) is 5.79. The van der Waals surface area contributed by atoms with Gasteiger partial charge in [-0.15, -0.1) is 0 Å². The minimum absolute atomic E-state index is 0.294. The topological polar surface area (TPSA) is 41.6 Å². The Morgan fingerprint density at radius 1 is 1.53 bits per heavy atom. The van der Waals surface area contributed by atoms with Gasteiger partial charge in [0.15, 0.2) is 0 Å². The van der Waals surface area contributed by atoms with E-state index in [-0.39, 0.29) is 5.97 Å². The van der Waals surface area contributed by atoms with Crippen LogP contribution in [-0.4, -0.2) is 33.2 Å². The fraction of sp³-hybridized carbons (Fsp3) is 0.462. The van der Waals surface area contributed by atoms with Crippen LogP contribution in [0.25, 0.3) is 0 Å². The predicted octanol–water partition coefficient (Wildman–Crippen LogP) is 1.97. The molecule has 0 amide bonds. The molecule has 0 bridgehead atoms. The predicted molar refractivity (Wildman–Crippen MR) is 68.7 cm³/mol. The molecule has 1 aromatic carbocycles. The zero-order valence-electron chi connectivity index (χ0n) is 10.5. The molecule has 1 aliphatic heterocycles. The van der Waals surface area contributed by atoms with Crippen LogP contribution in [0.3, 0.4) is 0 Å². The molecule has 2 rings (SSSR count). The Morgan fingerprint density at radius 3 is 3.00 bits per heavy atom. The second-order valence-corrected chi connectivity index (χ2v) is 4.56. The summed E-state index contributed by atoms with van der Waals surface area (Å²) in [6.45, 7) is 4.03. The standard InChI is InChI=1S/C13H18N2O2/c1-9-7-14-12-10(13(16)17-3)5-4-6-11(12)15(2)8-9/h4-6,9,14H,7-8H2,1-3H3. The van der Waals surface area contributed by atoms with E-state index in [0.29, 0.717) is 11.5 Å². The molecule has 0 spiro atoms. The summed E-state index contributed by atoms with van der Waals surface area (Å²) in [5, 5.41) is 3.35. The SMILES string of the molecule is COC(=O)c1cccc2c1NCC(C)CN2C. The second kappa shape index (κ2) is 4.65. The molecule has 4 nitrogen and oxygen atoms in total. The summed E-state index contributed by atoms with van der Waals surface area (Å²) < 4.78 is 4.81. The van der Waals surface area contributed by atoms with Crippen molar-refractivity contribution in [3.63, 3.8) is 0 Å². The van der Waals surface area contributed by atoms with Gasteiger partial charge < -0.3 is 15.0 Å². The molecule has 4 heteroatoms. The number of nitrogens with zero attached hydrogens (tertiary/aromatic N) is 1. The van der Waals surface area contributed by atoms with E-state index >= 15 is 0 Å². The molecule has 0 fully saturated rings. The van der Waals surface area contributed by atoms with Gasteiger partial charge >= 0.3 is 5.97 Å². The molecule has 0 aliphatic carbocycles. The molecule has 1 aliphatic rings. The van der Waals surface area contributed by atoms with E-state index in [4.69, 9.17) is 4.74 Å². The van der Waals surface area contributed by atoms with E-state index in [1.807, 2.05) is 19.2 Å². The summed E-state index contributed by atoms with van der Waals surface area (Å²) in [6.07, 6.45) is 0. The van der Waals surface area contributed by atoms with Gasteiger partial charge in [0.25, 0.3) is 0 Å². The monoisotopic (exact) mass is 234 g/mol. The first kappa shape index (κ1) is 11.8. The second-order valence-electron chi connectivity index (χ2n) is 4.56. The van der Waals surface area contributed by atoms with Gasteiger partial charge in [-0.1, -0.05) is 13.0 Å². The van der Waals surface area contributed by atoms with Gasteiger partial charge in [0.1, 0.15) is 0 Å². The molecule has 0 saturated carbocycles. The van der Waals surface area contributed by atoms with Gasteiger partial charge in [0.2, 0.25) is 0 Å². The number of methoxy groups -OCH3 is 1. The fourth-order valence-electron chi connectivity index (χ4n) is 2.23. The number of rotatable bonds is 1. The Morgan fingerprint density at radius 2 is 2.29 bits per heavy atom. The van der Waals surface area contributed by atoms with Crippen LogP contribution in [0.15, 0.2) is 18.2 Å². The lowest BCUT2D eigenvalue weighted by Gasteiger charge is -2.21. The lowest BCUT2D eigenvalue weighted by atomic mass is 10.1. The van der Waals surface area contributed by atoms with E-state index in [1.54, 1.807) is 6.07 Å². The van der Waals surface area contributed by atoms with Crippen LogP contribution in [-0.2, 0) is 4.74 Å². The molecule has 1 N–H and O–H groups in total. The van der Waals surface area contributed by atoms with Crippen LogP contribution in [0.4, 0.5) is 11.4 Å². The van der Waals surface area contributed by atoms with Crippen molar-refractivity contribution in [1.82, 2.24) is 0 Å². The Kier molecular flexibility index (Phi) is 3.22. The van der Waals surface area contributed by atoms with Crippen molar-refractivity contribution in [3.05, 3.63) is 23.8 Å². The molecule has 1 atom stereocenters. The van der Waals surface area contributed by atoms with Crippen LogP contribution in [0.1, 0.15) is 17.3 Å². The summed E-state index contributed by atoms with van der Waals surface area (Å²) in [5.74, 6) is 0.246. The third-order valence-electron chi connectivity index (χ3n) is 3.07. The molecule has 17 heavy (non-hydrogen) atoms. The first-order valence-electron chi connectivity index (χ1n) is 5.79. The Labute approximate surface area is 102 Å². The lowest BCUT2D eigenvalue weighted by Crippen LogP contribution is -2.23. The maximum Gasteiger partial charge on any atom is 0.340 e. The van der Waals surface area contributed by atoms with E-state index in [1.165, 1.54) is 7.11 Å². The smallest absolute Gasteiger partial charge is 0.340 e. The number of nitrogens with one attached hydrogen (secondary N) is 1. The van der Waals surface area contributed by atoms with Crippen LogP contribution in [0.5, 0.6) is 0 Å². The highest BCUT2D eigenvalue weighted by molar-refractivity contribution is 5.99. The molecule has 1 heterocycles. The summed E-state index contributed by atoms with van der Waals surface area (Å²) in [5.41, 5.74) is 2.54. The third-order valence-corrected chi connectivity index (χ3v) is 3.07. The molecule has 0 saturated heterocycles. The average molecular weight is 234 g/mol. The van der Waals surface area contributed by atoms with E-state index < -0.39 is 0 Å². The van der Waals surface area contributed by atoms with Crippen molar-refractivity contribution in [2.45, 2.75) is 6.92 Å². The van der Waals surface area contributed by atoms with Crippen molar-refractivity contribution in [2.24, 2.45) is 5.92 Å². The highest BCUT2D eigenvalue weighted by atomic mass is 16.5. The molecule has 0 aromatic heterocycles. The van der Waals surface area contributed by atoms with Crippen LogP contribution >= 0.6 is 0 Å². The van der Waals surface area contributed by atoms with Gasteiger partial charge in [-0.25, -0.2) is 4.79 Å². The third kappa shape index (κ3) is 2.20. The number of carbonyl (C=O) groups excluding carboxylic acids is 1. The Balaban J connectivity index is 2.47. The number of ether oxygens (including phenoxy) is 1. The Bertz CT molecular complexity index is 431. The van der Waals surface area contributed by atoms with E-state index in [0.717, 1.165) is 24.5 Å². The summed E-state index contributed by atoms with van der Waals surface area (Å²) in [6, 6.07) is 5.70. The number of hydrogen-bond acceptors (Lipinski definition) is 4. The normalized spacial score (nSPS) is 19.0. The van der Waals surface area contributed by atoms with Gasteiger partial charge in [0.05, 0.1) is 24.0 Å². The van der Waals surface area contributed by atoms with Crippen molar-refractivity contribution in [2.75, 3.05) is 37.5 Å². The van der Waals surface area contributed by atoms with Crippen molar-refractivity contribution in [1.29, 1.82) is 0 Å². The van der Waals surface area contributed by atoms with E-state index in [9.17, 15) is 4.79 Å². The van der Waals surface area contributed by atoms with Crippen molar-refractivity contribution < 1.29 is 9.53 Å². The summed E-state index contributed by atoms with van der Waals surface area (Å²) >= 11 is 0. The number of anilines is 2. The molecule has 92 valence electrons. The minimum Gasteiger partial charge on any atom is -0.465 e. The quantitative estimate of drug-likeness (QED) is 0.754. The number of fused-ring (bicyclic) bond motifs is 1. The van der Waals surface area contributed by atoms with Crippen LogP contribution in [0, 0.1) is 5.92 Å². The first-order chi connectivity index (χ1) is 8.13. The largest absolute Gasteiger partial charge is 0.465 e. The molecule has 1 aromatic rings. The number of carbonyl (C=O) groups is 1. The van der Waals surface area contributed by atoms with Gasteiger partial charge in [-0.05, 0) is 18.1 Å². The fourth-order valence-corrected chi connectivity index (χ4v) is 2.23. The van der Waals surface area contributed by atoms with Crippen molar-refractivity contribution in [3.8, 4) is 0 Å². The zero-order valence-corrected chi connectivity index (χ0v) is 10.5. The molecular formula is C13H18N2O2. The molecular weight excluding hydrogens is 216 g/mol. The van der Waals surface area contributed by atoms with Crippen molar-refractivity contribution >= 4 is 17.3 Å². The summed E-state index contributed by atoms with van der Waals surface area (Å²) in [4.78, 5) is 13.9. The zero-order chi connectivity index (χ0) is 12.4. The maximum atomic E-state index is 11.7. The molecule has 1 unspecified atom stereocenters. The lowest BCUT2D eigenvalue weighted by molar-refractivity contribution is 0.0602. The number of benzene rings is 1. The van der Waals surface area contributed by atoms with E-state index in [2.05, 4.69) is 17.1 Å². The van der Waals surface area contributed by atoms with Gasteiger partial charge in [0, 0.05) is 20.1 Å². The van der Waals surface area contributed by atoms with Gasteiger partial charge in [-0.2, -0.15) is 0 Å². The highest BCUT2D eigenvalue weighted by Crippen LogP contribution is 2.32. The van der Waals surface area contributed by atoms with Gasteiger partial charge in [-0.3, -0.25) is 0 Å². The van der Waals surface area contributed by atoms with Crippen LogP contribution in [0.2, 0.25) is 0 Å². The minimum atomic E-state index is -0.294. The average Bonchev–Trinajstić information content (AvgIpc) is 2.48. The van der Waals surface area contributed by atoms with Crippen LogP contribution < -0.4 is 10.2 Å². The number of hydrogen-bond donors (Lipinski definition) is 1.